The van der Waals surface area contributed by atoms with E-state index < -0.39 is 0 Å². The second-order valence-corrected chi connectivity index (χ2v) is 10.0. The third-order valence-corrected chi connectivity index (χ3v) is 7.61. The summed E-state index contributed by atoms with van der Waals surface area (Å²) in [4.78, 5) is 32.7. The quantitative estimate of drug-likeness (QED) is 0.565. The first-order valence-corrected chi connectivity index (χ1v) is 13.0. The number of carbonyl (C=O) groups is 2. The number of hydrogen-bond donors (Lipinski definition) is 0. The van der Waals surface area contributed by atoms with Gasteiger partial charge in [0, 0.05) is 36.9 Å². The molecule has 2 aromatic rings. The van der Waals surface area contributed by atoms with Crippen LogP contribution in [0.5, 0.6) is 5.75 Å². The molecule has 2 aromatic carbocycles. The van der Waals surface area contributed by atoms with Gasteiger partial charge in [0.15, 0.2) is 5.76 Å². The minimum absolute atomic E-state index is 0.00544. The van der Waals surface area contributed by atoms with Gasteiger partial charge in [-0.3, -0.25) is 9.59 Å². The lowest BCUT2D eigenvalue weighted by Gasteiger charge is -2.45. The van der Waals surface area contributed by atoms with Crippen molar-refractivity contribution in [3.8, 4) is 5.75 Å². The molecule has 2 aliphatic heterocycles. The summed E-state index contributed by atoms with van der Waals surface area (Å²) >= 11 is 6.01. The van der Waals surface area contributed by atoms with Crippen molar-refractivity contribution in [3.05, 3.63) is 64.9 Å². The summed E-state index contributed by atoms with van der Waals surface area (Å²) in [5.74, 6) is 0.851. The van der Waals surface area contributed by atoms with Gasteiger partial charge in [-0.05, 0) is 67.3 Å². The molecule has 36 heavy (non-hydrogen) atoms. The van der Waals surface area contributed by atoms with Gasteiger partial charge in [-0.15, -0.1) is 0 Å². The van der Waals surface area contributed by atoms with Gasteiger partial charge < -0.3 is 24.2 Å². The van der Waals surface area contributed by atoms with Crippen molar-refractivity contribution >= 4 is 35.2 Å². The number of benzene rings is 2. The highest BCUT2D eigenvalue weighted by Gasteiger charge is 2.42. The Balaban J connectivity index is 1.27. The fourth-order valence-corrected chi connectivity index (χ4v) is 5.45. The zero-order valence-corrected chi connectivity index (χ0v) is 21.3. The van der Waals surface area contributed by atoms with Crippen molar-refractivity contribution in [1.29, 1.82) is 0 Å². The molecule has 0 radical (unpaired) electrons. The molecule has 0 bridgehead atoms. The number of amides is 2. The third-order valence-electron chi connectivity index (χ3n) is 7.36. The summed E-state index contributed by atoms with van der Waals surface area (Å²) in [6.07, 6.45) is 5.57. The van der Waals surface area contributed by atoms with Crippen molar-refractivity contribution in [2.24, 2.45) is 0 Å². The SMILES string of the molecule is COc1ccc(/C=C2/OC3CCCCC3N(CC(=O)N3CCN(c4ccc(Cl)cc4)CC3)C2=O)cc1. The number of morpholine rings is 1. The van der Waals surface area contributed by atoms with Crippen molar-refractivity contribution in [2.45, 2.75) is 37.8 Å². The van der Waals surface area contributed by atoms with Gasteiger partial charge in [-0.2, -0.15) is 0 Å². The van der Waals surface area contributed by atoms with Crippen LogP contribution in [0.3, 0.4) is 0 Å². The number of hydrogen-bond acceptors (Lipinski definition) is 5. The molecule has 2 heterocycles. The lowest BCUT2D eigenvalue weighted by Crippen LogP contribution is -2.58. The molecular weight excluding hydrogens is 478 g/mol. The molecule has 2 amide bonds. The molecule has 8 heteroatoms. The minimum Gasteiger partial charge on any atom is -0.497 e. The van der Waals surface area contributed by atoms with E-state index >= 15 is 0 Å². The van der Waals surface area contributed by atoms with Crippen LogP contribution in [-0.4, -0.2) is 73.6 Å². The Morgan fingerprint density at radius 2 is 1.72 bits per heavy atom. The third kappa shape index (κ3) is 5.31. The Morgan fingerprint density at radius 3 is 2.42 bits per heavy atom. The lowest BCUT2D eigenvalue weighted by molar-refractivity contribution is -0.154. The molecule has 3 fully saturated rings. The number of rotatable bonds is 5. The summed E-state index contributed by atoms with van der Waals surface area (Å²) in [5, 5.41) is 0.712. The van der Waals surface area contributed by atoms with Gasteiger partial charge in [0.1, 0.15) is 18.4 Å². The van der Waals surface area contributed by atoms with Gasteiger partial charge in [-0.25, -0.2) is 0 Å². The van der Waals surface area contributed by atoms with Gasteiger partial charge in [0.25, 0.3) is 5.91 Å². The fraction of sp³-hybridized carbons (Fsp3) is 0.429. The van der Waals surface area contributed by atoms with Crippen molar-refractivity contribution in [1.82, 2.24) is 9.80 Å². The molecule has 0 spiro atoms. The monoisotopic (exact) mass is 509 g/mol. The Bertz CT molecular complexity index is 1110. The molecule has 3 aliphatic rings. The second-order valence-electron chi connectivity index (χ2n) is 9.57. The summed E-state index contributed by atoms with van der Waals surface area (Å²) in [6.45, 7) is 2.84. The first-order valence-electron chi connectivity index (χ1n) is 12.6. The topological polar surface area (TPSA) is 62.3 Å². The second kappa shape index (κ2) is 10.8. The molecule has 2 unspecified atom stereocenters. The van der Waals surface area contributed by atoms with Gasteiger partial charge in [-0.1, -0.05) is 30.2 Å². The highest BCUT2D eigenvalue weighted by atomic mass is 35.5. The molecule has 1 saturated carbocycles. The van der Waals surface area contributed by atoms with E-state index in [-0.39, 0.29) is 30.5 Å². The summed E-state index contributed by atoms with van der Waals surface area (Å²) < 4.78 is 11.4. The molecule has 5 rings (SSSR count). The molecule has 2 saturated heterocycles. The molecule has 190 valence electrons. The number of halogens is 1. The normalized spacial score (nSPS) is 23.3. The van der Waals surface area contributed by atoms with E-state index in [0.29, 0.717) is 23.9 Å². The smallest absolute Gasteiger partial charge is 0.289 e. The Kier molecular flexibility index (Phi) is 7.37. The van der Waals surface area contributed by atoms with Crippen LogP contribution in [0.15, 0.2) is 54.3 Å². The lowest BCUT2D eigenvalue weighted by atomic mass is 9.89. The first kappa shape index (κ1) is 24.5. The van der Waals surface area contributed by atoms with E-state index in [1.54, 1.807) is 18.1 Å². The van der Waals surface area contributed by atoms with E-state index in [9.17, 15) is 9.59 Å². The summed E-state index contributed by atoms with van der Waals surface area (Å²) in [6, 6.07) is 15.2. The average molecular weight is 510 g/mol. The number of fused-ring (bicyclic) bond motifs is 1. The van der Waals surface area contributed by atoms with Crippen LogP contribution in [0, 0.1) is 0 Å². The van der Waals surface area contributed by atoms with Crippen LogP contribution in [0.4, 0.5) is 5.69 Å². The number of piperazine rings is 1. The summed E-state index contributed by atoms with van der Waals surface area (Å²) in [5.41, 5.74) is 1.96. The molecule has 0 aromatic heterocycles. The van der Waals surface area contributed by atoms with Crippen LogP contribution in [0.1, 0.15) is 31.2 Å². The van der Waals surface area contributed by atoms with Gasteiger partial charge >= 0.3 is 0 Å². The predicted octanol–water partition coefficient (Wildman–Crippen LogP) is 4.21. The zero-order chi connectivity index (χ0) is 25.1. The maximum atomic E-state index is 13.5. The molecule has 7 nitrogen and oxygen atoms in total. The molecular formula is C28H32ClN3O4. The highest BCUT2D eigenvalue weighted by molar-refractivity contribution is 6.30. The Hall–Kier alpha value is -3.19. The first-order chi connectivity index (χ1) is 17.5. The number of carbonyl (C=O) groups excluding carboxylic acids is 2. The van der Waals surface area contributed by atoms with Crippen LogP contribution in [0.25, 0.3) is 6.08 Å². The maximum Gasteiger partial charge on any atom is 0.289 e. The molecule has 2 atom stereocenters. The van der Waals surface area contributed by atoms with Crippen LogP contribution in [0.2, 0.25) is 5.02 Å². The van der Waals surface area contributed by atoms with Crippen LogP contribution in [-0.2, 0) is 14.3 Å². The van der Waals surface area contributed by atoms with Gasteiger partial charge in [0.05, 0.1) is 13.2 Å². The van der Waals surface area contributed by atoms with Crippen LogP contribution >= 0.6 is 11.6 Å². The average Bonchev–Trinajstić information content (AvgIpc) is 2.92. The van der Waals surface area contributed by atoms with Crippen molar-refractivity contribution in [2.75, 3.05) is 44.7 Å². The zero-order valence-electron chi connectivity index (χ0n) is 20.6. The fourth-order valence-electron chi connectivity index (χ4n) is 5.32. The highest BCUT2D eigenvalue weighted by Crippen LogP contribution is 2.33. The maximum absolute atomic E-state index is 13.5. The predicted molar refractivity (Wildman–Crippen MR) is 140 cm³/mol. The van der Waals surface area contributed by atoms with Crippen molar-refractivity contribution < 1.29 is 19.1 Å². The van der Waals surface area contributed by atoms with Crippen molar-refractivity contribution in [3.63, 3.8) is 0 Å². The van der Waals surface area contributed by atoms with Crippen LogP contribution < -0.4 is 9.64 Å². The summed E-state index contributed by atoms with van der Waals surface area (Å²) in [7, 11) is 1.62. The molecule has 0 N–H and O–H groups in total. The van der Waals surface area contributed by atoms with E-state index in [4.69, 9.17) is 21.1 Å². The van der Waals surface area contributed by atoms with E-state index in [1.807, 2.05) is 53.4 Å². The number of ether oxygens (including phenoxy) is 2. The molecule has 1 aliphatic carbocycles. The number of methoxy groups -OCH3 is 1. The van der Waals surface area contributed by atoms with E-state index in [2.05, 4.69) is 4.90 Å². The number of nitrogens with zero attached hydrogens (tertiary/aromatic N) is 3. The van der Waals surface area contributed by atoms with Gasteiger partial charge in [0.2, 0.25) is 5.91 Å². The largest absolute Gasteiger partial charge is 0.497 e. The standard InChI is InChI=1S/C28H32ClN3O4/c1-35-23-12-6-20(7-13-23)18-26-28(34)32(24-4-2-3-5-25(24)36-26)19-27(33)31-16-14-30(15-17-31)22-10-8-21(29)9-11-22/h6-13,18,24-25H,2-5,14-17,19H2,1H3/b26-18+. The van der Waals surface area contributed by atoms with E-state index in [0.717, 1.165) is 55.8 Å². The number of anilines is 1. The Labute approximate surface area is 217 Å². The Morgan fingerprint density at radius 1 is 1.03 bits per heavy atom. The van der Waals surface area contributed by atoms with E-state index in [1.165, 1.54) is 0 Å². The minimum atomic E-state index is -0.206.